The number of alkyl halides is 3. The molecule has 2 heterocycles. The molecule has 0 radical (unpaired) electrons. The van der Waals surface area contributed by atoms with Crippen molar-refractivity contribution in [2.75, 3.05) is 17.7 Å². The summed E-state index contributed by atoms with van der Waals surface area (Å²) in [6.07, 6.45) is -0.662. The highest BCUT2D eigenvalue weighted by molar-refractivity contribution is 6.00. The molecule has 0 bridgehead atoms. The smallest absolute Gasteiger partial charge is 0.474 e. The fourth-order valence-electron chi connectivity index (χ4n) is 3.69. The van der Waals surface area contributed by atoms with Gasteiger partial charge in [-0.3, -0.25) is 9.59 Å². The summed E-state index contributed by atoms with van der Waals surface area (Å²) in [7, 11) is 1.38. The molecule has 0 unspecified atom stereocenters. The highest BCUT2D eigenvalue weighted by atomic mass is 19.4. The maximum absolute atomic E-state index is 12.4. The number of nitrogens with one attached hydrogen (secondary N) is 2. The van der Waals surface area contributed by atoms with E-state index in [9.17, 15) is 22.8 Å². The van der Waals surface area contributed by atoms with Gasteiger partial charge in [-0.15, -0.1) is 18.3 Å². The van der Waals surface area contributed by atoms with Crippen LogP contribution < -0.4 is 20.1 Å². The number of aromatic nitrogens is 3. The van der Waals surface area contributed by atoms with Crippen LogP contribution in [0.15, 0.2) is 47.0 Å². The van der Waals surface area contributed by atoms with Gasteiger partial charge in [-0.2, -0.15) is 0 Å². The summed E-state index contributed by atoms with van der Waals surface area (Å²) in [6, 6.07) is 7.89. The molecule has 11 nitrogen and oxygen atoms in total. The molecule has 1 fully saturated rings. The Labute approximate surface area is 208 Å². The molecule has 2 N–H and O–H groups in total. The lowest BCUT2D eigenvalue weighted by molar-refractivity contribution is -0.274. The lowest BCUT2D eigenvalue weighted by Crippen LogP contribution is -2.28. The third kappa shape index (κ3) is 7.32. The Kier molecular flexibility index (Phi) is 7.74. The second-order valence-corrected chi connectivity index (χ2v) is 8.06. The SMILES string of the molecule is COC(=O)[C@H]1CC[C@@H](Oc2ccc(NC(=O)c3nnc(Nc4ccc(OC(F)(F)F)cc4)o3)cn2)CC1. The van der Waals surface area contributed by atoms with Crippen LogP contribution in [0.5, 0.6) is 11.6 Å². The quantitative estimate of drug-likeness (QED) is 0.408. The number of carbonyl (C=O) groups excluding carboxylic acids is 2. The van der Waals surface area contributed by atoms with E-state index in [0.717, 1.165) is 12.1 Å². The molecule has 2 aromatic heterocycles. The number of hydrogen-bond acceptors (Lipinski definition) is 10. The van der Waals surface area contributed by atoms with Crippen LogP contribution in [-0.2, 0) is 9.53 Å². The van der Waals surface area contributed by atoms with Gasteiger partial charge >= 0.3 is 30.1 Å². The summed E-state index contributed by atoms with van der Waals surface area (Å²) in [5, 5.41) is 12.6. The Hall–Kier alpha value is -4.36. The van der Waals surface area contributed by atoms with Crippen LogP contribution in [0.3, 0.4) is 0 Å². The first kappa shape index (κ1) is 25.7. The molecule has 4 rings (SSSR count). The second-order valence-electron chi connectivity index (χ2n) is 8.06. The molecular formula is C23H22F3N5O6. The van der Waals surface area contributed by atoms with Gasteiger partial charge in [0.15, 0.2) is 0 Å². The number of methoxy groups -OCH3 is 1. The molecule has 1 saturated carbocycles. The zero-order valence-electron chi connectivity index (χ0n) is 19.4. The molecular weight excluding hydrogens is 499 g/mol. The first-order valence-corrected chi connectivity index (χ1v) is 11.2. The predicted molar refractivity (Wildman–Crippen MR) is 121 cm³/mol. The highest BCUT2D eigenvalue weighted by Crippen LogP contribution is 2.28. The zero-order valence-corrected chi connectivity index (χ0v) is 19.4. The fourth-order valence-corrected chi connectivity index (χ4v) is 3.69. The van der Waals surface area contributed by atoms with Gasteiger partial charge < -0.3 is 29.3 Å². The number of carbonyl (C=O) groups is 2. The molecule has 0 aliphatic heterocycles. The van der Waals surface area contributed by atoms with Gasteiger partial charge in [-0.25, -0.2) is 4.98 Å². The molecule has 1 aliphatic carbocycles. The third-order valence-electron chi connectivity index (χ3n) is 5.45. The number of anilines is 3. The van der Waals surface area contributed by atoms with Crippen molar-refractivity contribution in [3.63, 3.8) is 0 Å². The largest absolute Gasteiger partial charge is 0.573 e. The van der Waals surface area contributed by atoms with Gasteiger partial charge in [0.2, 0.25) is 5.88 Å². The van der Waals surface area contributed by atoms with Crippen LogP contribution in [0.1, 0.15) is 36.4 Å². The number of pyridine rings is 1. The van der Waals surface area contributed by atoms with E-state index in [1.807, 2.05) is 0 Å². The standard InChI is InChI=1S/C23H22F3N5O6/c1-34-21(33)13-2-7-16(8-3-13)35-18-11-6-15(12-27-18)28-19(32)20-30-31-22(36-20)29-14-4-9-17(10-5-14)37-23(24,25)26/h4-6,9-13,16H,2-3,7-8H2,1H3,(H,28,32)(H,29,31)/t13-,16+. The van der Waals surface area contributed by atoms with Gasteiger partial charge in [0, 0.05) is 11.8 Å². The lowest BCUT2D eigenvalue weighted by atomic mass is 9.87. The van der Waals surface area contributed by atoms with Crippen molar-refractivity contribution in [3.05, 3.63) is 48.5 Å². The number of rotatable bonds is 8. The fraction of sp³-hybridized carbons (Fsp3) is 0.348. The third-order valence-corrected chi connectivity index (χ3v) is 5.45. The molecule has 3 aromatic rings. The van der Waals surface area contributed by atoms with Crippen LogP contribution >= 0.6 is 0 Å². The van der Waals surface area contributed by atoms with E-state index < -0.39 is 12.3 Å². The van der Waals surface area contributed by atoms with Crippen LogP contribution in [0.4, 0.5) is 30.6 Å². The molecule has 0 spiro atoms. The number of ether oxygens (including phenoxy) is 3. The number of amides is 1. The Morgan fingerprint density at radius 3 is 2.32 bits per heavy atom. The van der Waals surface area contributed by atoms with Gasteiger partial charge in [0.1, 0.15) is 11.9 Å². The van der Waals surface area contributed by atoms with Crippen molar-refractivity contribution in [2.24, 2.45) is 5.92 Å². The summed E-state index contributed by atoms with van der Waals surface area (Å²) >= 11 is 0. The minimum atomic E-state index is -4.79. The summed E-state index contributed by atoms with van der Waals surface area (Å²) in [5.41, 5.74) is 0.698. The molecule has 37 heavy (non-hydrogen) atoms. The minimum absolute atomic E-state index is 0.0634. The van der Waals surface area contributed by atoms with Gasteiger partial charge in [-0.1, -0.05) is 5.10 Å². The normalized spacial score (nSPS) is 17.5. The van der Waals surface area contributed by atoms with E-state index in [4.69, 9.17) is 13.9 Å². The number of esters is 1. The van der Waals surface area contributed by atoms with Crippen LogP contribution in [0.2, 0.25) is 0 Å². The average molecular weight is 521 g/mol. The van der Waals surface area contributed by atoms with E-state index in [2.05, 4.69) is 30.6 Å². The molecule has 1 aliphatic rings. The highest BCUT2D eigenvalue weighted by Gasteiger charge is 2.31. The average Bonchev–Trinajstić information content (AvgIpc) is 3.34. The second kappa shape index (κ2) is 11.1. The summed E-state index contributed by atoms with van der Waals surface area (Å²) in [6.45, 7) is 0. The first-order valence-electron chi connectivity index (χ1n) is 11.2. The maximum Gasteiger partial charge on any atom is 0.573 e. The molecule has 0 atom stereocenters. The zero-order chi connectivity index (χ0) is 26.4. The lowest BCUT2D eigenvalue weighted by Gasteiger charge is -2.27. The number of halogens is 3. The van der Waals surface area contributed by atoms with E-state index in [1.165, 1.54) is 25.4 Å². The number of hydrogen-bond donors (Lipinski definition) is 2. The van der Waals surface area contributed by atoms with Crippen molar-refractivity contribution in [2.45, 2.75) is 38.1 Å². The summed E-state index contributed by atoms with van der Waals surface area (Å²) in [4.78, 5) is 28.2. The maximum atomic E-state index is 12.4. The Morgan fingerprint density at radius 1 is 1.00 bits per heavy atom. The molecule has 1 amide bonds. The van der Waals surface area contributed by atoms with E-state index in [0.29, 0.717) is 42.9 Å². The van der Waals surface area contributed by atoms with Crippen molar-refractivity contribution in [1.82, 2.24) is 15.2 Å². The topological polar surface area (TPSA) is 138 Å². The van der Waals surface area contributed by atoms with Gasteiger partial charge in [0.05, 0.1) is 24.9 Å². The van der Waals surface area contributed by atoms with Crippen molar-refractivity contribution in [1.29, 1.82) is 0 Å². The summed E-state index contributed by atoms with van der Waals surface area (Å²) in [5.74, 6) is -1.34. The van der Waals surface area contributed by atoms with E-state index >= 15 is 0 Å². The van der Waals surface area contributed by atoms with Gasteiger partial charge in [0.25, 0.3) is 0 Å². The monoisotopic (exact) mass is 521 g/mol. The Morgan fingerprint density at radius 2 is 1.70 bits per heavy atom. The van der Waals surface area contributed by atoms with Crippen LogP contribution in [0, 0.1) is 5.92 Å². The first-order chi connectivity index (χ1) is 17.7. The number of nitrogens with zero attached hydrogens (tertiary/aromatic N) is 3. The van der Waals surface area contributed by atoms with Crippen LogP contribution in [0.25, 0.3) is 0 Å². The van der Waals surface area contributed by atoms with Gasteiger partial charge in [-0.05, 0) is 56.0 Å². The Bertz CT molecular complexity index is 1210. The van der Waals surface area contributed by atoms with E-state index in [1.54, 1.807) is 12.1 Å². The van der Waals surface area contributed by atoms with Crippen LogP contribution in [-0.4, -0.2) is 46.6 Å². The molecule has 196 valence electrons. The predicted octanol–water partition coefficient (Wildman–Crippen LogP) is 4.47. The number of benzene rings is 1. The van der Waals surface area contributed by atoms with E-state index in [-0.39, 0.29) is 35.6 Å². The van der Waals surface area contributed by atoms with Crippen molar-refractivity contribution in [3.8, 4) is 11.6 Å². The van der Waals surface area contributed by atoms with Crippen molar-refractivity contribution >= 4 is 29.3 Å². The minimum Gasteiger partial charge on any atom is -0.474 e. The summed E-state index contributed by atoms with van der Waals surface area (Å²) < 4.78 is 56.5. The molecule has 0 saturated heterocycles. The van der Waals surface area contributed by atoms with Crippen molar-refractivity contribution < 1.29 is 41.4 Å². The Balaban J connectivity index is 1.26. The molecule has 14 heteroatoms. The molecule has 1 aromatic carbocycles.